The van der Waals surface area contributed by atoms with Crippen molar-refractivity contribution in [2.45, 2.75) is 45.6 Å². The summed E-state index contributed by atoms with van der Waals surface area (Å²) < 4.78 is 0. The molecule has 0 heterocycles. The minimum atomic E-state index is 0.538. The van der Waals surface area contributed by atoms with E-state index in [1.807, 2.05) is 18.2 Å². The summed E-state index contributed by atoms with van der Waals surface area (Å²) in [6, 6.07) is 5.85. The number of hydrogen-bond donors (Lipinski definition) is 1. The average Bonchev–Trinajstić information content (AvgIpc) is 2.83. The average molecular weight is 286 g/mol. The summed E-state index contributed by atoms with van der Waals surface area (Å²) >= 11 is 11.9. The molecular formula is C15H21Cl2N. The Morgan fingerprint density at radius 1 is 1.17 bits per heavy atom. The molecule has 0 saturated heterocycles. The van der Waals surface area contributed by atoms with Crippen molar-refractivity contribution < 1.29 is 0 Å². The molecule has 0 spiro atoms. The minimum absolute atomic E-state index is 0.538. The summed E-state index contributed by atoms with van der Waals surface area (Å²) in [5.74, 6) is 0. The van der Waals surface area contributed by atoms with Gasteiger partial charge >= 0.3 is 0 Å². The van der Waals surface area contributed by atoms with Gasteiger partial charge in [-0.2, -0.15) is 0 Å². The van der Waals surface area contributed by atoms with Crippen LogP contribution in [0.25, 0.3) is 0 Å². The highest BCUT2D eigenvalue weighted by molar-refractivity contribution is 6.42. The van der Waals surface area contributed by atoms with Crippen LogP contribution in [0.15, 0.2) is 18.2 Å². The molecule has 1 aliphatic rings. The largest absolute Gasteiger partial charge is 0.312 e. The van der Waals surface area contributed by atoms with Crippen LogP contribution in [0.3, 0.4) is 0 Å². The maximum atomic E-state index is 6.01. The summed E-state index contributed by atoms with van der Waals surface area (Å²) in [4.78, 5) is 0. The van der Waals surface area contributed by atoms with Crippen LogP contribution >= 0.6 is 23.2 Å². The molecule has 1 aliphatic carbocycles. The van der Waals surface area contributed by atoms with Crippen LogP contribution in [0.4, 0.5) is 0 Å². The third-order valence-corrected chi connectivity index (χ3v) is 4.97. The Kier molecular flexibility index (Phi) is 4.94. The molecular weight excluding hydrogens is 265 g/mol. The fourth-order valence-electron chi connectivity index (χ4n) is 2.90. The van der Waals surface area contributed by atoms with Crippen molar-refractivity contribution in [1.29, 1.82) is 0 Å². The smallest absolute Gasteiger partial charge is 0.0595 e. The third kappa shape index (κ3) is 3.40. The lowest BCUT2D eigenvalue weighted by atomic mass is 9.83. The number of halogens is 2. The Morgan fingerprint density at radius 2 is 1.89 bits per heavy atom. The molecule has 1 nitrogen and oxygen atoms in total. The van der Waals surface area contributed by atoms with E-state index in [4.69, 9.17) is 23.2 Å². The molecule has 2 rings (SSSR count). The van der Waals surface area contributed by atoms with E-state index in [2.05, 4.69) is 12.2 Å². The van der Waals surface area contributed by atoms with Gasteiger partial charge in [0.05, 0.1) is 10.0 Å². The number of benzene rings is 1. The Morgan fingerprint density at radius 3 is 2.50 bits per heavy atom. The maximum absolute atomic E-state index is 6.01. The van der Waals surface area contributed by atoms with Crippen molar-refractivity contribution in [3.05, 3.63) is 33.8 Å². The predicted molar refractivity (Wildman–Crippen MR) is 79.4 cm³/mol. The molecule has 0 amide bonds. The topological polar surface area (TPSA) is 12.0 Å². The number of hydrogen-bond acceptors (Lipinski definition) is 1. The molecule has 1 aromatic carbocycles. The zero-order valence-corrected chi connectivity index (χ0v) is 12.4. The molecule has 1 fully saturated rings. The van der Waals surface area contributed by atoms with Crippen LogP contribution in [0.1, 0.15) is 44.6 Å². The highest BCUT2D eigenvalue weighted by Crippen LogP contribution is 2.40. The second kappa shape index (κ2) is 6.27. The SMILES string of the molecule is CCC1(CNCc2ccc(Cl)c(Cl)c2)CCCC1. The lowest BCUT2D eigenvalue weighted by Crippen LogP contribution is -2.31. The standard InChI is InChI=1S/C15H21Cl2N/c1-2-15(7-3-4-8-15)11-18-10-12-5-6-13(16)14(17)9-12/h5-6,9,18H,2-4,7-8,10-11H2,1H3. The van der Waals surface area contributed by atoms with Gasteiger partial charge in [0, 0.05) is 13.1 Å². The summed E-state index contributed by atoms with van der Waals surface area (Å²) in [7, 11) is 0. The molecule has 0 radical (unpaired) electrons. The van der Waals surface area contributed by atoms with E-state index >= 15 is 0 Å². The third-order valence-electron chi connectivity index (χ3n) is 4.23. The summed E-state index contributed by atoms with van der Waals surface area (Å²) in [5, 5.41) is 4.85. The zero-order chi connectivity index (χ0) is 13.0. The van der Waals surface area contributed by atoms with Crippen molar-refractivity contribution >= 4 is 23.2 Å². The quantitative estimate of drug-likeness (QED) is 0.798. The summed E-state index contributed by atoms with van der Waals surface area (Å²) in [6.45, 7) is 4.30. The van der Waals surface area contributed by atoms with Crippen molar-refractivity contribution in [2.24, 2.45) is 5.41 Å². The van der Waals surface area contributed by atoms with E-state index in [0.29, 0.717) is 15.5 Å². The minimum Gasteiger partial charge on any atom is -0.312 e. The van der Waals surface area contributed by atoms with Crippen LogP contribution in [-0.2, 0) is 6.54 Å². The van der Waals surface area contributed by atoms with Crippen molar-refractivity contribution in [2.75, 3.05) is 6.54 Å². The lowest BCUT2D eigenvalue weighted by molar-refractivity contribution is 0.268. The van der Waals surface area contributed by atoms with E-state index in [0.717, 1.165) is 13.1 Å². The summed E-state index contributed by atoms with van der Waals surface area (Å²) in [5.41, 5.74) is 1.74. The Hall–Kier alpha value is -0.240. The molecule has 1 saturated carbocycles. The van der Waals surface area contributed by atoms with Gasteiger partial charge in [0.1, 0.15) is 0 Å². The van der Waals surface area contributed by atoms with E-state index in [-0.39, 0.29) is 0 Å². The van der Waals surface area contributed by atoms with Gasteiger partial charge in [0.15, 0.2) is 0 Å². The highest BCUT2D eigenvalue weighted by atomic mass is 35.5. The second-order valence-corrected chi connectivity index (χ2v) is 6.23. The first-order valence-corrected chi connectivity index (χ1v) is 7.55. The lowest BCUT2D eigenvalue weighted by Gasteiger charge is -2.27. The Labute approximate surface area is 120 Å². The second-order valence-electron chi connectivity index (χ2n) is 5.41. The van der Waals surface area contributed by atoms with Gasteiger partial charge in [0.2, 0.25) is 0 Å². The van der Waals surface area contributed by atoms with Gasteiger partial charge in [-0.1, -0.05) is 49.0 Å². The van der Waals surface area contributed by atoms with E-state index in [9.17, 15) is 0 Å². The van der Waals surface area contributed by atoms with Crippen molar-refractivity contribution in [1.82, 2.24) is 5.32 Å². The van der Waals surface area contributed by atoms with E-state index in [1.54, 1.807) is 0 Å². The number of rotatable bonds is 5. The predicted octanol–water partition coefficient (Wildman–Crippen LogP) is 5.05. The van der Waals surface area contributed by atoms with Crippen LogP contribution in [0, 0.1) is 5.41 Å². The van der Waals surface area contributed by atoms with Crippen molar-refractivity contribution in [3.8, 4) is 0 Å². The van der Waals surface area contributed by atoms with Gasteiger partial charge in [0.25, 0.3) is 0 Å². The molecule has 18 heavy (non-hydrogen) atoms. The summed E-state index contributed by atoms with van der Waals surface area (Å²) in [6.07, 6.45) is 6.81. The fourth-order valence-corrected chi connectivity index (χ4v) is 3.22. The van der Waals surface area contributed by atoms with Gasteiger partial charge in [-0.05, 0) is 42.4 Å². The van der Waals surface area contributed by atoms with Gasteiger partial charge in [-0.3, -0.25) is 0 Å². The van der Waals surface area contributed by atoms with Gasteiger partial charge < -0.3 is 5.32 Å². The molecule has 1 aromatic rings. The zero-order valence-electron chi connectivity index (χ0n) is 10.9. The van der Waals surface area contributed by atoms with Gasteiger partial charge in [-0.25, -0.2) is 0 Å². The first-order valence-electron chi connectivity index (χ1n) is 6.80. The molecule has 0 bridgehead atoms. The highest BCUT2D eigenvalue weighted by Gasteiger charge is 2.31. The Balaban J connectivity index is 1.86. The van der Waals surface area contributed by atoms with Gasteiger partial charge in [-0.15, -0.1) is 0 Å². The Bertz CT molecular complexity index is 397. The molecule has 0 atom stereocenters. The number of nitrogens with one attached hydrogen (secondary N) is 1. The van der Waals surface area contributed by atoms with Crippen LogP contribution < -0.4 is 5.32 Å². The fraction of sp³-hybridized carbons (Fsp3) is 0.600. The van der Waals surface area contributed by atoms with Crippen LogP contribution in [0.5, 0.6) is 0 Å². The monoisotopic (exact) mass is 285 g/mol. The molecule has 100 valence electrons. The van der Waals surface area contributed by atoms with Crippen LogP contribution in [-0.4, -0.2) is 6.54 Å². The normalized spacial score (nSPS) is 18.2. The molecule has 3 heteroatoms. The molecule has 0 unspecified atom stereocenters. The van der Waals surface area contributed by atoms with E-state index < -0.39 is 0 Å². The van der Waals surface area contributed by atoms with E-state index in [1.165, 1.54) is 37.7 Å². The first kappa shape index (κ1) is 14.2. The molecule has 0 aliphatic heterocycles. The maximum Gasteiger partial charge on any atom is 0.0595 e. The van der Waals surface area contributed by atoms with Crippen molar-refractivity contribution in [3.63, 3.8) is 0 Å². The molecule has 0 aromatic heterocycles. The van der Waals surface area contributed by atoms with Crippen LogP contribution in [0.2, 0.25) is 10.0 Å². The first-order chi connectivity index (χ1) is 8.65. The molecule has 1 N–H and O–H groups in total.